The second-order valence-electron chi connectivity index (χ2n) is 5.83. The van der Waals surface area contributed by atoms with Crippen molar-refractivity contribution >= 4 is 18.3 Å². The Kier molecular flexibility index (Phi) is 10.2. The van der Waals surface area contributed by atoms with E-state index < -0.39 is 0 Å². The molecule has 1 unspecified atom stereocenters. The molecule has 1 amide bonds. The molecule has 0 saturated heterocycles. The lowest BCUT2D eigenvalue weighted by molar-refractivity contribution is 0.0950. The van der Waals surface area contributed by atoms with Crippen LogP contribution in [-0.4, -0.2) is 32.3 Å². The van der Waals surface area contributed by atoms with Gasteiger partial charge < -0.3 is 25.3 Å². The highest BCUT2D eigenvalue weighted by Crippen LogP contribution is 2.39. The maximum absolute atomic E-state index is 12.6. The van der Waals surface area contributed by atoms with Gasteiger partial charge in [0.25, 0.3) is 5.91 Å². The van der Waals surface area contributed by atoms with Crippen LogP contribution in [0.3, 0.4) is 0 Å². The first-order chi connectivity index (χ1) is 13.1. The number of rotatable bonds is 10. The molecule has 2 aromatic rings. The Bertz CT molecular complexity index is 713. The van der Waals surface area contributed by atoms with Crippen molar-refractivity contribution in [2.75, 3.05) is 26.4 Å². The third-order valence-corrected chi connectivity index (χ3v) is 3.88. The first-order valence-corrected chi connectivity index (χ1v) is 9.25. The zero-order chi connectivity index (χ0) is 19.6. The Morgan fingerprint density at radius 3 is 2.00 bits per heavy atom. The number of nitrogens with two attached hydrogens (primary N) is 1. The van der Waals surface area contributed by atoms with Crippen molar-refractivity contribution in [1.29, 1.82) is 0 Å². The van der Waals surface area contributed by atoms with E-state index in [0.717, 1.165) is 5.56 Å². The van der Waals surface area contributed by atoms with E-state index in [1.54, 1.807) is 12.1 Å². The summed E-state index contributed by atoms with van der Waals surface area (Å²) in [6.07, 6.45) is 0. The molecule has 154 valence electrons. The number of amides is 1. The van der Waals surface area contributed by atoms with Gasteiger partial charge >= 0.3 is 0 Å². The minimum absolute atomic E-state index is 0. The Hall–Kier alpha value is -2.44. The monoisotopic (exact) mass is 408 g/mol. The second-order valence-corrected chi connectivity index (χ2v) is 5.83. The highest BCUT2D eigenvalue weighted by atomic mass is 35.5. The van der Waals surface area contributed by atoms with Crippen LogP contribution in [0.4, 0.5) is 0 Å². The van der Waals surface area contributed by atoms with Crippen LogP contribution in [-0.2, 0) is 0 Å². The summed E-state index contributed by atoms with van der Waals surface area (Å²) in [6.45, 7) is 7.34. The minimum Gasteiger partial charge on any atom is -0.490 e. The molecule has 2 rings (SSSR count). The van der Waals surface area contributed by atoms with E-state index in [9.17, 15) is 4.79 Å². The predicted molar refractivity (Wildman–Crippen MR) is 113 cm³/mol. The molecule has 0 fully saturated rings. The van der Waals surface area contributed by atoms with Gasteiger partial charge in [-0.05, 0) is 38.5 Å². The lowest BCUT2D eigenvalue weighted by Gasteiger charge is -2.18. The van der Waals surface area contributed by atoms with Crippen molar-refractivity contribution in [3.05, 3.63) is 53.6 Å². The largest absolute Gasteiger partial charge is 0.490 e. The number of carbonyl (C=O) groups is 1. The van der Waals surface area contributed by atoms with Crippen molar-refractivity contribution in [2.24, 2.45) is 5.73 Å². The summed E-state index contributed by atoms with van der Waals surface area (Å²) in [4.78, 5) is 12.6. The summed E-state index contributed by atoms with van der Waals surface area (Å²) >= 11 is 0. The lowest BCUT2D eigenvalue weighted by Crippen LogP contribution is -2.32. The summed E-state index contributed by atoms with van der Waals surface area (Å²) in [6, 6.07) is 12.7. The molecule has 0 spiro atoms. The van der Waals surface area contributed by atoms with Crippen LogP contribution >= 0.6 is 12.4 Å². The molecule has 1 atom stereocenters. The summed E-state index contributed by atoms with van der Waals surface area (Å²) in [7, 11) is 0. The zero-order valence-corrected chi connectivity index (χ0v) is 17.4. The van der Waals surface area contributed by atoms with Crippen molar-refractivity contribution in [1.82, 2.24) is 5.32 Å². The maximum Gasteiger partial charge on any atom is 0.251 e. The Balaban J connectivity index is 0.00000392. The predicted octanol–water partition coefficient (Wildman–Crippen LogP) is 3.73. The van der Waals surface area contributed by atoms with E-state index in [0.29, 0.717) is 49.2 Å². The third kappa shape index (κ3) is 6.32. The molecule has 0 aliphatic heterocycles. The van der Waals surface area contributed by atoms with Crippen molar-refractivity contribution < 1.29 is 19.0 Å². The first-order valence-electron chi connectivity index (χ1n) is 9.25. The Morgan fingerprint density at radius 1 is 0.964 bits per heavy atom. The molecular formula is C21H29ClN2O4. The van der Waals surface area contributed by atoms with E-state index in [-0.39, 0.29) is 24.4 Å². The van der Waals surface area contributed by atoms with Crippen LogP contribution in [0.15, 0.2) is 42.5 Å². The minimum atomic E-state index is -0.282. The number of ether oxygens (including phenoxy) is 3. The van der Waals surface area contributed by atoms with Crippen LogP contribution < -0.4 is 25.3 Å². The fraction of sp³-hybridized carbons (Fsp3) is 0.381. The molecule has 0 aliphatic carbocycles. The molecule has 2 aromatic carbocycles. The van der Waals surface area contributed by atoms with E-state index in [1.807, 2.05) is 51.1 Å². The molecule has 3 N–H and O–H groups in total. The van der Waals surface area contributed by atoms with Crippen LogP contribution in [0.25, 0.3) is 0 Å². The van der Waals surface area contributed by atoms with E-state index >= 15 is 0 Å². The molecule has 0 heterocycles. The van der Waals surface area contributed by atoms with Crippen molar-refractivity contribution in [3.8, 4) is 17.2 Å². The van der Waals surface area contributed by atoms with Gasteiger partial charge in [0, 0.05) is 18.2 Å². The summed E-state index contributed by atoms with van der Waals surface area (Å²) in [5.74, 6) is 1.25. The van der Waals surface area contributed by atoms with Crippen LogP contribution in [0.1, 0.15) is 42.7 Å². The quantitative estimate of drug-likeness (QED) is 0.625. The van der Waals surface area contributed by atoms with E-state index in [4.69, 9.17) is 19.9 Å². The van der Waals surface area contributed by atoms with Gasteiger partial charge in [-0.1, -0.05) is 30.3 Å². The number of carbonyl (C=O) groups excluding carboxylic acids is 1. The first kappa shape index (κ1) is 23.6. The zero-order valence-electron chi connectivity index (χ0n) is 16.6. The van der Waals surface area contributed by atoms with Gasteiger partial charge in [-0.15, -0.1) is 12.4 Å². The SMILES string of the molecule is CCOc1cc(C(=O)NCC(N)c2ccccc2)cc(OCC)c1OCC.Cl. The van der Waals surface area contributed by atoms with E-state index in [1.165, 1.54) is 0 Å². The molecule has 0 saturated carbocycles. The Labute approximate surface area is 172 Å². The third-order valence-electron chi connectivity index (χ3n) is 3.88. The van der Waals surface area contributed by atoms with Gasteiger partial charge in [0.1, 0.15) is 0 Å². The molecule has 6 nitrogen and oxygen atoms in total. The average Bonchev–Trinajstić information content (AvgIpc) is 2.69. The standard InChI is InChI=1S/C21H28N2O4.ClH/c1-4-25-18-12-16(13-19(26-5-2)20(18)27-6-3)21(24)23-14-17(22)15-10-8-7-9-11-15;/h7-13,17H,4-6,14,22H2,1-3H3,(H,23,24);1H. The number of halogens is 1. The van der Waals surface area contributed by atoms with Gasteiger partial charge in [0.05, 0.1) is 19.8 Å². The fourth-order valence-electron chi connectivity index (χ4n) is 2.64. The molecular weight excluding hydrogens is 380 g/mol. The van der Waals surface area contributed by atoms with Gasteiger partial charge in [-0.2, -0.15) is 0 Å². The van der Waals surface area contributed by atoms with Gasteiger partial charge in [-0.3, -0.25) is 4.79 Å². The van der Waals surface area contributed by atoms with Crippen LogP contribution in [0.2, 0.25) is 0 Å². The summed E-state index contributed by atoms with van der Waals surface area (Å²) in [5.41, 5.74) is 7.56. The summed E-state index contributed by atoms with van der Waals surface area (Å²) < 4.78 is 17.0. The second kappa shape index (κ2) is 12.1. The topological polar surface area (TPSA) is 82.8 Å². The van der Waals surface area contributed by atoms with E-state index in [2.05, 4.69) is 5.32 Å². The molecule has 0 radical (unpaired) electrons. The molecule has 0 bridgehead atoms. The van der Waals surface area contributed by atoms with Crippen LogP contribution in [0.5, 0.6) is 17.2 Å². The Morgan fingerprint density at radius 2 is 1.50 bits per heavy atom. The molecule has 28 heavy (non-hydrogen) atoms. The summed E-state index contributed by atoms with van der Waals surface area (Å²) in [5, 5.41) is 2.87. The number of nitrogens with one attached hydrogen (secondary N) is 1. The fourth-order valence-corrected chi connectivity index (χ4v) is 2.64. The highest BCUT2D eigenvalue weighted by molar-refractivity contribution is 5.95. The van der Waals surface area contributed by atoms with Gasteiger partial charge in [0.15, 0.2) is 11.5 Å². The number of hydrogen-bond acceptors (Lipinski definition) is 5. The van der Waals surface area contributed by atoms with Crippen molar-refractivity contribution in [2.45, 2.75) is 26.8 Å². The lowest BCUT2D eigenvalue weighted by atomic mass is 10.1. The molecule has 0 aliphatic rings. The highest BCUT2D eigenvalue weighted by Gasteiger charge is 2.18. The smallest absolute Gasteiger partial charge is 0.251 e. The normalized spacial score (nSPS) is 11.1. The van der Waals surface area contributed by atoms with Gasteiger partial charge in [0.2, 0.25) is 5.75 Å². The average molecular weight is 409 g/mol. The van der Waals surface area contributed by atoms with Gasteiger partial charge in [-0.25, -0.2) is 0 Å². The number of benzene rings is 2. The van der Waals surface area contributed by atoms with Crippen molar-refractivity contribution in [3.63, 3.8) is 0 Å². The molecule has 0 aromatic heterocycles. The molecule has 7 heteroatoms. The maximum atomic E-state index is 12.6. The van der Waals surface area contributed by atoms with Crippen LogP contribution in [0, 0.1) is 0 Å². The number of hydrogen-bond donors (Lipinski definition) is 2.